The number of amides is 3. The molecule has 2 aromatic rings. The first-order valence-corrected chi connectivity index (χ1v) is 16.2. The molecule has 0 radical (unpaired) electrons. The number of carbonyl (C=O) groups is 3. The van der Waals surface area contributed by atoms with Crippen LogP contribution in [0.1, 0.15) is 69.3 Å². The SMILES string of the molecule is CCOc1ccc2c(c1)C1(CCC(OCCNC(=O)CN)CC1)C(=O)N2S(=O)(=O)c1ccc(C(=O)NC(C)(C)C)cc1OC. The van der Waals surface area contributed by atoms with Gasteiger partial charge in [-0.2, -0.15) is 0 Å². The van der Waals surface area contributed by atoms with Crippen LogP contribution in [-0.4, -0.2) is 71.2 Å². The van der Waals surface area contributed by atoms with Gasteiger partial charge in [-0.3, -0.25) is 14.4 Å². The molecule has 1 aliphatic heterocycles. The summed E-state index contributed by atoms with van der Waals surface area (Å²) in [6, 6.07) is 9.08. The average molecular weight is 631 g/mol. The standard InChI is InChI=1S/C31H42N4O8S/c1-6-42-22-8-9-24-23(18-22)31(13-11-21(12-14-31)43-16-15-33-27(36)19-32)29(38)35(24)44(39,40)26-10-7-20(17-25(26)41-5)28(37)34-30(2,3)4/h7-10,17-18,21H,6,11-16,19,32H2,1-5H3,(H,33,36)(H,34,37). The van der Waals surface area contributed by atoms with Crippen molar-refractivity contribution in [1.29, 1.82) is 0 Å². The molecule has 2 aliphatic rings. The summed E-state index contributed by atoms with van der Waals surface area (Å²) in [7, 11) is -3.14. The maximum Gasteiger partial charge on any atom is 0.274 e. The molecule has 1 fully saturated rings. The lowest BCUT2D eigenvalue weighted by Crippen LogP contribution is -2.46. The largest absolute Gasteiger partial charge is 0.495 e. The maximum atomic E-state index is 14.3. The second kappa shape index (κ2) is 13.1. The van der Waals surface area contributed by atoms with Crippen LogP contribution in [0.15, 0.2) is 41.3 Å². The molecule has 240 valence electrons. The summed E-state index contributed by atoms with van der Waals surface area (Å²) in [5.41, 5.74) is 4.80. The molecular formula is C31H42N4O8S. The fourth-order valence-electron chi connectivity index (χ4n) is 5.74. The number of sulfonamides is 1. The smallest absolute Gasteiger partial charge is 0.274 e. The Morgan fingerprint density at radius 2 is 1.82 bits per heavy atom. The number of hydrogen-bond donors (Lipinski definition) is 3. The molecule has 1 spiro atoms. The van der Waals surface area contributed by atoms with Crippen molar-refractivity contribution < 1.29 is 37.0 Å². The predicted molar refractivity (Wildman–Crippen MR) is 164 cm³/mol. The lowest BCUT2D eigenvalue weighted by molar-refractivity contribution is -0.124. The van der Waals surface area contributed by atoms with Gasteiger partial charge in [-0.15, -0.1) is 0 Å². The van der Waals surface area contributed by atoms with Crippen molar-refractivity contribution in [3.63, 3.8) is 0 Å². The Labute approximate surface area is 258 Å². The third-order valence-corrected chi connectivity index (χ3v) is 9.53. The van der Waals surface area contributed by atoms with Gasteiger partial charge in [-0.25, -0.2) is 12.7 Å². The molecule has 3 amide bonds. The van der Waals surface area contributed by atoms with Gasteiger partial charge in [0, 0.05) is 17.6 Å². The Balaban J connectivity index is 1.66. The van der Waals surface area contributed by atoms with Gasteiger partial charge >= 0.3 is 0 Å². The molecule has 0 atom stereocenters. The van der Waals surface area contributed by atoms with Crippen LogP contribution in [-0.2, 0) is 29.8 Å². The minimum atomic E-state index is -4.46. The summed E-state index contributed by atoms with van der Waals surface area (Å²) >= 11 is 0. The summed E-state index contributed by atoms with van der Waals surface area (Å²) in [6.45, 7) is 8.30. The zero-order valence-electron chi connectivity index (χ0n) is 25.9. The molecule has 4 N–H and O–H groups in total. The monoisotopic (exact) mass is 630 g/mol. The van der Waals surface area contributed by atoms with Gasteiger partial charge in [0.05, 0.1) is 44.1 Å². The Morgan fingerprint density at radius 1 is 1.11 bits per heavy atom. The molecule has 1 heterocycles. The average Bonchev–Trinajstić information content (AvgIpc) is 3.22. The van der Waals surface area contributed by atoms with E-state index >= 15 is 0 Å². The molecule has 0 unspecified atom stereocenters. The third kappa shape index (κ3) is 6.69. The molecule has 2 aromatic carbocycles. The zero-order valence-corrected chi connectivity index (χ0v) is 26.7. The molecule has 0 saturated heterocycles. The van der Waals surface area contributed by atoms with Crippen LogP contribution in [0.25, 0.3) is 0 Å². The Kier molecular flexibility index (Phi) is 9.91. The van der Waals surface area contributed by atoms with E-state index < -0.39 is 26.9 Å². The Morgan fingerprint density at radius 3 is 2.43 bits per heavy atom. The molecule has 0 aromatic heterocycles. The van der Waals surface area contributed by atoms with E-state index in [1.807, 2.05) is 27.7 Å². The number of rotatable bonds is 11. The van der Waals surface area contributed by atoms with Crippen LogP contribution in [0.2, 0.25) is 0 Å². The second-order valence-corrected chi connectivity index (χ2v) is 13.7. The van der Waals surface area contributed by atoms with E-state index in [2.05, 4.69) is 10.6 Å². The number of benzene rings is 2. The van der Waals surface area contributed by atoms with Gasteiger partial charge in [-0.05, 0) is 95.3 Å². The summed E-state index contributed by atoms with van der Waals surface area (Å²) in [6.07, 6.45) is 1.61. The highest BCUT2D eigenvalue weighted by molar-refractivity contribution is 7.93. The van der Waals surface area contributed by atoms with Crippen molar-refractivity contribution in [2.45, 2.75) is 75.3 Å². The van der Waals surface area contributed by atoms with Crippen LogP contribution in [0, 0.1) is 0 Å². The highest BCUT2D eigenvalue weighted by atomic mass is 32.2. The number of methoxy groups -OCH3 is 1. The van der Waals surface area contributed by atoms with Crippen molar-refractivity contribution in [3.05, 3.63) is 47.5 Å². The summed E-state index contributed by atoms with van der Waals surface area (Å²) in [5.74, 6) is -0.711. The molecule has 13 heteroatoms. The van der Waals surface area contributed by atoms with Gasteiger partial charge in [0.1, 0.15) is 16.4 Å². The zero-order chi connectivity index (χ0) is 32.3. The highest BCUT2D eigenvalue weighted by Crippen LogP contribution is 2.53. The first kappa shape index (κ1) is 33.2. The minimum Gasteiger partial charge on any atom is -0.495 e. The van der Waals surface area contributed by atoms with Crippen molar-refractivity contribution in [3.8, 4) is 11.5 Å². The van der Waals surface area contributed by atoms with E-state index in [-0.39, 0.29) is 46.4 Å². The molecule has 12 nitrogen and oxygen atoms in total. The van der Waals surface area contributed by atoms with Gasteiger partial charge in [0.2, 0.25) is 5.91 Å². The number of ether oxygens (including phenoxy) is 3. The number of hydrogen-bond acceptors (Lipinski definition) is 9. The predicted octanol–water partition coefficient (Wildman–Crippen LogP) is 2.63. The van der Waals surface area contributed by atoms with Crippen molar-refractivity contribution in [2.24, 2.45) is 5.73 Å². The van der Waals surface area contributed by atoms with Gasteiger partial charge in [-0.1, -0.05) is 0 Å². The molecule has 1 aliphatic carbocycles. The van der Waals surface area contributed by atoms with Crippen LogP contribution in [0.4, 0.5) is 5.69 Å². The first-order valence-electron chi connectivity index (χ1n) is 14.7. The van der Waals surface area contributed by atoms with E-state index in [1.165, 1.54) is 25.3 Å². The van der Waals surface area contributed by atoms with Gasteiger partial charge in [0.15, 0.2) is 0 Å². The Bertz CT molecular complexity index is 1510. The normalized spacial score (nSPS) is 19.9. The van der Waals surface area contributed by atoms with E-state index in [0.29, 0.717) is 56.8 Å². The maximum absolute atomic E-state index is 14.3. The van der Waals surface area contributed by atoms with Gasteiger partial charge < -0.3 is 30.6 Å². The summed E-state index contributed by atoms with van der Waals surface area (Å²) in [5, 5.41) is 5.51. The molecule has 44 heavy (non-hydrogen) atoms. The van der Waals surface area contributed by atoms with Crippen molar-refractivity contribution in [2.75, 3.05) is 37.7 Å². The number of nitrogens with one attached hydrogen (secondary N) is 2. The quantitative estimate of drug-likeness (QED) is 0.316. The fraction of sp³-hybridized carbons (Fsp3) is 0.516. The first-order chi connectivity index (χ1) is 20.8. The lowest BCUT2D eigenvalue weighted by Gasteiger charge is -2.36. The number of nitrogens with two attached hydrogens (primary N) is 1. The molecule has 4 rings (SSSR count). The highest BCUT2D eigenvalue weighted by Gasteiger charge is 2.56. The number of nitrogens with zero attached hydrogens (tertiary/aromatic N) is 1. The lowest BCUT2D eigenvalue weighted by atomic mass is 9.69. The Hall–Kier alpha value is -3.68. The topological polar surface area (TPSA) is 166 Å². The minimum absolute atomic E-state index is 0.0494. The molecule has 0 bridgehead atoms. The van der Waals surface area contributed by atoms with E-state index in [1.54, 1.807) is 18.2 Å². The summed E-state index contributed by atoms with van der Waals surface area (Å²) in [4.78, 5) is 38.3. The van der Waals surface area contributed by atoms with E-state index in [9.17, 15) is 22.8 Å². The van der Waals surface area contributed by atoms with Crippen LogP contribution < -0.4 is 30.1 Å². The van der Waals surface area contributed by atoms with Crippen LogP contribution >= 0.6 is 0 Å². The summed E-state index contributed by atoms with van der Waals surface area (Å²) < 4.78 is 46.5. The second-order valence-electron chi connectivity index (χ2n) is 12.0. The van der Waals surface area contributed by atoms with E-state index in [0.717, 1.165) is 4.31 Å². The number of anilines is 1. The van der Waals surface area contributed by atoms with Gasteiger partial charge in [0.25, 0.3) is 21.8 Å². The van der Waals surface area contributed by atoms with Crippen LogP contribution in [0.5, 0.6) is 11.5 Å². The van der Waals surface area contributed by atoms with Crippen molar-refractivity contribution >= 4 is 33.4 Å². The third-order valence-electron chi connectivity index (χ3n) is 7.79. The molecule has 1 saturated carbocycles. The van der Waals surface area contributed by atoms with Crippen LogP contribution in [0.3, 0.4) is 0 Å². The van der Waals surface area contributed by atoms with E-state index in [4.69, 9.17) is 19.9 Å². The number of fused-ring (bicyclic) bond motifs is 2. The molecular weight excluding hydrogens is 588 g/mol. The van der Waals surface area contributed by atoms with Crippen molar-refractivity contribution in [1.82, 2.24) is 10.6 Å². The fourth-order valence-corrected chi connectivity index (χ4v) is 7.39. The number of carbonyl (C=O) groups excluding carboxylic acids is 3.